The van der Waals surface area contributed by atoms with Crippen LogP contribution in [0.2, 0.25) is 0 Å². The van der Waals surface area contributed by atoms with E-state index in [1.807, 2.05) is 0 Å². The summed E-state index contributed by atoms with van der Waals surface area (Å²) < 4.78 is 105. The summed E-state index contributed by atoms with van der Waals surface area (Å²) in [7, 11) is 0. The fourth-order valence-electron chi connectivity index (χ4n) is 3.28. The normalized spacial score (nSPS) is 11.8. The number of pyridine rings is 1. The minimum absolute atomic E-state index is 0.233. The third kappa shape index (κ3) is 9.60. The first-order chi connectivity index (χ1) is 19.6. The lowest BCUT2D eigenvalue weighted by Crippen LogP contribution is -2.21. The van der Waals surface area contributed by atoms with E-state index in [0.29, 0.717) is 27.9 Å². The summed E-state index contributed by atoms with van der Waals surface area (Å²) in [6, 6.07) is 7.39. The number of nitrogen functional groups attached to an aromatic ring is 1. The Kier molecular flexibility index (Phi) is 11.2. The first-order valence-electron chi connectivity index (χ1n) is 11.1. The van der Waals surface area contributed by atoms with Crippen molar-refractivity contribution in [2.75, 3.05) is 5.73 Å². The molecule has 0 saturated carbocycles. The van der Waals surface area contributed by atoms with Gasteiger partial charge in [-0.05, 0) is 68.0 Å². The second-order valence-electron chi connectivity index (χ2n) is 8.05. The van der Waals surface area contributed by atoms with Gasteiger partial charge in [-0.15, -0.1) is 0 Å². The monoisotopic (exact) mass is 755 g/mol. The number of aryl methyl sites for hydroxylation is 1. The van der Waals surface area contributed by atoms with E-state index in [0.717, 1.165) is 21.6 Å². The third-order valence-electron chi connectivity index (χ3n) is 5.09. The number of benzene rings is 1. The zero-order valence-corrected chi connectivity index (χ0v) is 23.9. The molecule has 0 bridgehead atoms. The number of alkyl halides is 9. The summed E-state index contributed by atoms with van der Waals surface area (Å²) in [5, 5.41) is 14.2. The molecule has 0 amide bonds. The van der Waals surface area contributed by atoms with Gasteiger partial charge < -0.3 is 25.9 Å². The molecule has 0 saturated heterocycles. The zero-order chi connectivity index (χ0) is 32.9. The predicted molar refractivity (Wildman–Crippen MR) is 140 cm³/mol. The van der Waals surface area contributed by atoms with Crippen LogP contribution >= 0.6 is 31.9 Å². The molecule has 6 N–H and O–H groups in total. The number of carbonyl (C=O) groups is 2. The smallest absolute Gasteiger partial charge is 0.475 e. The summed E-state index contributed by atoms with van der Waals surface area (Å²) in [4.78, 5) is 32.6. The van der Waals surface area contributed by atoms with E-state index < -0.39 is 36.0 Å². The van der Waals surface area contributed by atoms with Gasteiger partial charge >= 0.3 is 30.5 Å². The number of nitrogens with zero attached hydrogens (tertiary/aromatic N) is 2. The number of nitrogens with one attached hydrogen (secondary N) is 2. The van der Waals surface area contributed by atoms with Crippen molar-refractivity contribution in [1.29, 1.82) is 0 Å². The molecule has 1 aromatic carbocycles. The number of hydrogen-bond acceptors (Lipinski definition) is 5. The lowest BCUT2D eigenvalue weighted by atomic mass is 10.0. The van der Waals surface area contributed by atoms with E-state index in [1.54, 1.807) is 18.3 Å². The molecule has 3 heterocycles. The fourth-order valence-corrected chi connectivity index (χ4v) is 4.83. The fraction of sp³-hybridized carbons (Fsp3) is 0.217. The number of carboxylic acids is 2. The molecule has 0 atom stereocenters. The van der Waals surface area contributed by atoms with Gasteiger partial charge in [-0.2, -0.15) is 39.5 Å². The van der Waals surface area contributed by atoms with Gasteiger partial charge in [0.25, 0.3) is 0 Å². The van der Waals surface area contributed by atoms with Gasteiger partial charge in [-0.25, -0.2) is 14.6 Å². The number of aromatic nitrogens is 4. The number of halogens is 11. The van der Waals surface area contributed by atoms with Crippen molar-refractivity contribution in [2.45, 2.75) is 31.4 Å². The Morgan fingerprint density at radius 3 is 1.91 bits per heavy atom. The van der Waals surface area contributed by atoms with Gasteiger partial charge in [-0.1, -0.05) is 18.2 Å². The van der Waals surface area contributed by atoms with Crippen LogP contribution in [0.15, 0.2) is 45.6 Å². The Labute approximate surface area is 250 Å². The molecule has 9 nitrogen and oxygen atoms in total. The number of rotatable bonds is 4. The summed E-state index contributed by atoms with van der Waals surface area (Å²) in [5.41, 5.74) is 8.82. The van der Waals surface area contributed by atoms with E-state index in [4.69, 9.17) is 25.5 Å². The average Bonchev–Trinajstić information content (AvgIpc) is 3.39. The Hall–Kier alpha value is -3.81. The molecular formula is C23H16Br2F9N5O4. The predicted octanol–water partition coefficient (Wildman–Crippen LogP) is 7.13. The average molecular weight is 757 g/mol. The summed E-state index contributed by atoms with van der Waals surface area (Å²) in [5.74, 6) is -5.24. The van der Waals surface area contributed by atoms with Gasteiger partial charge in [-0.3, -0.25) is 4.98 Å². The molecule has 0 spiro atoms. The van der Waals surface area contributed by atoms with Gasteiger partial charge in [0.15, 0.2) is 5.95 Å². The molecule has 0 radical (unpaired) electrons. The maximum Gasteiger partial charge on any atom is 0.490 e. The van der Waals surface area contributed by atoms with Crippen molar-refractivity contribution in [3.8, 4) is 11.4 Å². The topological polar surface area (TPSA) is 158 Å². The largest absolute Gasteiger partial charge is 0.490 e. The number of fused-ring (bicyclic) bond motifs is 1. The van der Waals surface area contributed by atoms with Crippen LogP contribution < -0.4 is 5.73 Å². The van der Waals surface area contributed by atoms with Crippen LogP contribution in [-0.2, 0) is 28.6 Å². The molecule has 0 aliphatic rings. The number of nitrogens with two attached hydrogens (primary N) is 1. The molecule has 0 aliphatic carbocycles. The second-order valence-corrected chi connectivity index (χ2v) is 9.63. The van der Waals surface area contributed by atoms with Crippen LogP contribution in [0, 0.1) is 0 Å². The van der Waals surface area contributed by atoms with Crippen molar-refractivity contribution in [3.05, 3.63) is 62.3 Å². The molecule has 4 rings (SSSR count). The lowest BCUT2D eigenvalue weighted by molar-refractivity contribution is -0.193. The molecule has 0 aliphatic heterocycles. The van der Waals surface area contributed by atoms with E-state index in [1.165, 1.54) is 12.1 Å². The van der Waals surface area contributed by atoms with E-state index in [-0.39, 0.29) is 17.9 Å². The molecule has 20 heteroatoms. The maximum atomic E-state index is 13.3. The van der Waals surface area contributed by atoms with Gasteiger partial charge in [0, 0.05) is 10.7 Å². The highest BCUT2D eigenvalue weighted by Crippen LogP contribution is 2.38. The summed E-state index contributed by atoms with van der Waals surface area (Å²) in [6.07, 6.45) is -12.3. The number of hydrogen-bond donors (Lipinski definition) is 5. The van der Waals surface area contributed by atoms with Crippen LogP contribution in [0.3, 0.4) is 0 Å². The Morgan fingerprint density at radius 1 is 0.860 bits per heavy atom. The minimum atomic E-state index is -5.08. The number of aliphatic carboxylic acids is 2. The van der Waals surface area contributed by atoms with Gasteiger partial charge in [0.05, 0.1) is 21.4 Å². The molecule has 3 aromatic heterocycles. The Bertz CT molecular complexity index is 1570. The number of H-pyrrole nitrogens is 2. The van der Waals surface area contributed by atoms with Crippen molar-refractivity contribution in [1.82, 2.24) is 19.9 Å². The number of anilines is 1. The summed E-state index contributed by atoms with van der Waals surface area (Å²) in [6.45, 7) is 0. The third-order valence-corrected chi connectivity index (χ3v) is 6.64. The molecule has 4 aromatic rings. The number of carboxylic acid groups (broad SMARTS) is 2. The van der Waals surface area contributed by atoms with Crippen LogP contribution in [0.1, 0.15) is 16.7 Å². The highest BCUT2D eigenvalue weighted by atomic mass is 79.9. The standard InChI is InChI=1S/C19H14Br2F3N5.2C2HF3O2/c20-13-10(6-5-9-3-1-2-4-11(9)19(22,23)24)17(21)28-15(13)16-14-12(7-8-26-16)27-18(25)29-14;2*3-2(4,5)1(6)7/h1-4,7-8,28H,5-6H2,(H3,25,27,29);2*(H,6,7). The second kappa shape index (κ2) is 13.7. The molecule has 43 heavy (non-hydrogen) atoms. The van der Waals surface area contributed by atoms with Crippen LogP contribution in [0.4, 0.5) is 45.5 Å². The van der Waals surface area contributed by atoms with Crippen molar-refractivity contribution < 1.29 is 59.3 Å². The lowest BCUT2D eigenvalue weighted by Gasteiger charge is -2.12. The quantitative estimate of drug-likeness (QED) is 0.139. The highest BCUT2D eigenvalue weighted by Gasteiger charge is 2.39. The Morgan fingerprint density at radius 2 is 1.40 bits per heavy atom. The van der Waals surface area contributed by atoms with Crippen molar-refractivity contribution in [2.24, 2.45) is 0 Å². The van der Waals surface area contributed by atoms with Crippen molar-refractivity contribution >= 4 is 60.8 Å². The zero-order valence-electron chi connectivity index (χ0n) is 20.7. The van der Waals surface area contributed by atoms with Crippen LogP contribution in [-0.4, -0.2) is 54.4 Å². The van der Waals surface area contributed by atoms with Crippen LogP contribution in [0.25, 0.3) is 22.4 Å². The SMILES string of the molecule is Nc1nc2c(-c3[nH]c(Br)c(CCc4ccccc4C(F)(F)F)c3Br)nccc2[nH]1.O=C(O)C(F)(F)F.O=C(O)C(F)(F)F. The minimum Gasteiger partial charge on any atom is -0.475 e. The molecular weight excluding hydrogens is 741 g/mol. The molecule has 0 fully saturated rings. The van der Waals surface area contributed by atoms with Gasteiger partial charge in [0.1, 0.15) is 11.2 Å². The van der Waals surface area contributed by atoms with Crippen molar-refractivity contribution in [3.63, 3.8) is 0 Å². The molecule has 0 unspecified atom stereocenters. The van der Waals surface area contributed by atoms with E-state index in [2.05, 4.69) is 51.8 Å². The first-order valence-corrected chi connectivity index (χ1v) is 12.6. The number of aromatic amines is 2. The highest BCUT2D eigenvalue weighted by molar-refractivity contribution is 9.11. The number of imidazole rings is 1. The summed E-state index contributed by atoms with van der Waals surface area (Å²) >= 11 is 7.05. The van der Waals surface area contributed by atoms with Crippen LogP contribution in [0.5, 0.6) is 0 Å². The Balaban J connectivity index is 0.000000384. The molecule has 234 valence electrons. The maximum absolute atomic E-state index is 13.3. The first kappa shape index (κ1) is 35.4. The van der Waals surface area contributed by atoms with E-state index in [9.17, 15) is 39.5 Å². The van der Waals surface area contributed by atoms with Gasteiger partial charge in [0.2, 0.25) is 0 Å². The van der Waals surface area contributed by atoms with E-state index >= 15 is 0 Å².